The SMILES string of the molecule is CCN[C@@H]1C[C@@H]2CN(CC)C(=O)c3c(O)c(=O)c(C(=O)NCc4ccc(F)c(Cl)c4F)c1n32. The quantitative estimate of drug-likeness (QED) is 0.551. The third kappa shape index (κ3) is 3.67. The van der Waals surface area contributed by atoms with E-state index in [0.29, 0.717) is 31.7 Å². The van der Waals surface area contributed by atoms with Crippen LogP contribution < -0.4 is 16.1 Å². The molecule has 0 aliphatic carbocycles. The van der Waals surface area contributed by atoms with Crippen LogP contribution in [0.2, 0.25) is 5.02 Å². The molecule has 0 saturated carbocycles. The third-order valence-electron chi connectivity index (χ3n) is 6.16. The summed E-state index contributed by atoms with van der Waals surface area (Å²) in [5.41, 5.74) is -1.15. The molecule has 1 aromatic carbocycles. The molecule has 0 bridgehead atoms. The average Bonchev–Trinajstić information content (AvgIpc) is 3.13. The zero-order chi connectivity index (χ0) is 24.0. The number of aromatic nitrogens is 1. The second kappa shape index (κ2) is 8.75. The standard InChI is InChI=1S/C22H23ClF2N4O4/c1-3-26-13-7-11-9-28(4-2)22(33)18-20(31)19(30)14(17(13)29(11)18)21(32)27-8-10-5-6-12(24)15(23)16(10)25/h5-6,11,13,26,31H,3-4,7-9H2,1-2H3,(H,27,32)/t11-,13-/m1/s1. The minimum atomic E-state index is -1.01. The van der Waals surface area contributed by atoms with Crippen LogP contribution in [-0.2, 0) is 6.54 Å². The Morgan fingerprint density at radius 1 is 1.27 bits per heavy atom. The van der Waals surface area contributed by atoms with Crippen molar-refractivity contribution in [1.82, 2.24) is 20.1 Å². The van der Waals surface area contributed by atoms with Gasteiger partial charge in [-0.05, 0) is 26.0 Å². The molecule has 2 atom stereocenters. The molecule has 3 heterocycles. The van der Waals surface area contributed by atoms with E-state index >= 15 is 0 Å². The summed E-state index contributed by atoms with van der Waals surface area (Å²) < 4.78 is 29.2. The van der Waals surface area contributed by atoms with Crippen molar-refractivity contribution in [2.75, 3.05) is 19.6 Å². The summed E-state index contributed by atoms with van der Waals surface area (Å²) in [7, 11) is 0. The summed E-state index contributed by atoms with van der Waals surface area (Å²) in [5, 5.41) is 15.6. The first-order valence-electron chi connectivity index (χ1n) is 10.7. The van der Waals surface area contributed by atoms with E-state index < -0.39 is 45.7 Å². The van der Waals surface area contributed by atoms with Crippen LogP contribution in [0.5, 0.6) is 5.75 Å². The molecule has 0 radical (unpaired) electrons. The molecule has 2 aliphatic rings. The molecule has 3 N–H and O–H groups in total. The number of carbonyl (C=O) groups is 2. The van der Waals surface area contributed by atoms with Gasteiger partial charge < -0.3 is 25.2 Å². The number of nitrogens with one attached hydrogen (secondary N) is 2. The highest BCUT2D eigenvalue weighted by molar-refractivity contribution is 6.30. The third-order valence-corrected chi connectivity index (χ3v) is 6.51. The van der Waals surface area contributed by atoms with Gasteiger partial charge in [-0.1, -0.05) is 24.6 Å². The highest BCUT2D eigenvalue weighted by Gasteiger charge is 2.44. The summed E-state index contributed by atoms with van der Waals surface area (Å²) >= 11 is 5.59. The van der Waals surface area contributed by atoms with Gasteiger partial charge in [0.15, 0.2) is 11.4 Å². The second-order valence-corrected chi connectivity index (χ2v) is 8.40. The number of halogens is 3. The van der Waals surface area contributed by atoms with Crippen molar-refractivity contribution in [1.29, 1.82) is 0 Å². The highest BCUT2D eigenvalue weighted by atomic mass is 35.5. The maximum atomic E-state index is 14.2. The molecular weight excluding hydrogens is 458 g/mol. The molecular formula is C22H23ClF2N4O4. The van der Waals surface area contributed by atoms with Crippen LogP contribution in [0.3, 0.4) is 0 Å². The second-order valence-electron chi connectivity index (χ2n) is 8.02. The van der Waals surface area contributed by atoms with Gasteiger partial charge in [0, 0.05) is 25.2 Å². The number of hydrogen-bond acceptors (Lipinski definition) is 5. The predicted octanol–water partition coefficient (Wildman–Crippen LogP) is 2.49. The Bertz CT molecular complexity index is 1220. The molecule has 11 heteroatoms. The molecule has 2 aliphatic heterocycles. The van der Waals surface area contributed by atoms with Gasteiger partial charge in [0.2, 0.25) is 5.43 Å². The Kier molecular flexibility index (Phi) is 6.15. The summed E-state index contributed by atoms with van der Waals surface area (Å²) in [6, 6.07) is 1.50. The fourth-order valence-electron chi connectivity index (χ4n) is 4.64. The number of hydrogen-bond donors (Lipinski definition) is 3. The van der Waals surface area contributed by atoms with Gasteiger partial charge in [0.25, 0.3) is 11.8 Å². The minimum Gasteiger partial charge on any atom is -0.503 e. The number of pyridine rings is 1. The molecule has 33 heavy (non-hydrogen) atoms. The molecule has 0 unspecified atom stereocenters. The van der Waals surface area contributed by atoms with Gasteiger partial charge in [-0.25, -0.2) is 8.78 Å². The van der Waals surface area contributed by atoms with E-state index in [1.54, 1.807) is 9.47 Å². The minimum absolute atomic E-state index is 0.0664. The Labute approximate surface area is 193 Å². The largest absolute Gasteiger partial charge is 0.503 e. The van der Waals surface area contributed by atoms with Gasteiger partial charge in [0.1, 0.15) is 22.2 Å². The van der Waals surface area contributed by atoms with Crippen LogP contribution in [0.1, 0.15) is 64.5 Å². The Balaban J connectivity index is 1.78. The summed E-state index contributed by atoms with van der Waals surface area (Å²) in [4.78, 5) is 40.6. The van der Waals surface area contributed by atoms with Gasteiger partial charge in [-0.15, -0.1) is 0 Å². The first-order chi connectivity index (χ1) is 15.7. The number of rotatable bonds is 6. The van der Waals surface area contributed by atoms with Gasteiger partial charge in [-0.3, -0.25) is 14.4 Å². The Hall–Kier alpha value is -2.98. The fourth-order valence-corrected chi connectivity index (χ4v) is 4.82. The number of likely N-dealkylation sites (N-methyl/N-ethyl adjacent to an activating group) is 1. The van der Waals surface area contributed by atoms with E-state index in [0.717, 1.165) is 12.1 Å². The summed E-state index contributed by atoms with van der Waals surface area (Å²) in [5.74, 6) is -4.04. The molecule has 1 aromatic heterocycles. The zero-order valence-electron chi connectivity index (χ0n) is 18.0. The molecule has 4 rings (SSSR count). The lowest BCUT2D eigenvalue weighted by Gasteiger charge is -2.33. The maximum absolute atomic E-state index is 14.2. The van der Waals surface area contributed by atoms with E-state index in [2.05, 4.69) is 10.6 Å². The van der Waals surface area contributed by atoms with Gasteiger partial charge >= 0.3 is 0 Å². The van der Waals surface area contributed by atoms with E-state index in [4.69, 9.17) is 11.6 Å². The molecule has 2 amide bonds. The van der Waals surface area contributed by atoms with E-state index in [9.17, 15) is 28.3 Å². The topological polar surface area (TPSA) is 104 Å². The van der Waals surface area contributed by atoms with Crippen molar-refractivity contribution in [3.63, 3.8) is 0 Å². The van der Waals surface area contributed by atoms with Crippen LogP contribution >= 0.6 is 11.6 Å². The lowest BCUT2D eigenvalue weighted by atomic mass is 10.0. The maximum Gasteiger partial charge on any atom is 0.274 e. The molecule has 0 fully saturated rings. The molecule has 8 nitrogen and oxygen atoms in total. The van der Waals surface area contributed by atoms with E-state index in [-0.39, 0.29) is 29.4 Å². The molecule has 2 aromatic rings. The number of benzene rings is 1. The van der Waals surface area contributed by atoms with Crippen LogP contribution in [-0.4, -0.2) is 46.0 Å². The highest BCUT2D eigenvalue weighted by Crippen LogP contribution is 2.42. The molecule has 176 valence electrons. The number of amides is 2. The monoisotopic (exact) mass is 480 g/mol. The van der Waals surface area contributed by atoms with Crippen LogP contribution in [0, 0.1) is 11.6 Å². The van der Waals surface area contributed by atoms with Gasteiger partial charge in [-0.2, -0.15) is 0 Å². The zero-order valence-corrected chi connectivity index (χ0v) is 18.8. The van der Waals surface area contributed by atoms with Crippen molar-refractivity contribution in [2.24, 2.45) is 0 Å². The normalized spacial score (nSPS) is 19.1. The Morgan fingerprint density at radius 3 is 2.67 bits per heavy atom. The van der Waals surface area contributed by atoms with E-state index in [1.807, 2.05) is 13.8 Å². The molecule has 0 saturated heterocycles. The van der Waals surface area contributed by atoms with Crippen LogP contribution in [0.4, 0.5) is 8.78 Å². The van der Waals surface area contributed by atoms with Crippen LogP contribution in [0.25, 0.3) is 0 Å². The van der Waals surface area contributed by atoms with Crippen molar-refractivity contribution < 1.29 is 23.5 Å². The van der Waals surface area contributed by atoms with Crippen LogP contribution in [0.15, 0.2) is 16.9 Å². The fraction of sp³-hybridized carbons (Fsp3) is 0.409. The smallest absolute Gasteiger partial charge is 0.274 e. The van der Waals surface area contributed by atoms with Gasteiger partial charge in [0.05, 0.1) is 17.8 Å². The van der Waals surface area contributed by atoms with E-state index in [1.165, 1.54) is 0 Å². The van der Waals surface area contributed by atoms with Crippen molar-refractivity contribution in [2.45, 2.75) is 38.9 Å². The van der Waals surface area contributed by atoms with Crippen molar-refractivity contribution >= 4 is 23.4 Å². The summed E-state index contributed by atoms with van der Waals surface area (Å²) in [6.45, 7) is 4.68. The van der Waals surface area contributed by atoms with Crippen molar-refractivity contribution in [3.05, 3.63) is 61.5 Å². The lowest BCUT2D eigenvalue weighted by molar-refractivity contribution is 0.0675. The lowest BCUT2D eigenvalue weighted by Crippen LogP contribution is -2.44. The average molecular weight is 481 g/mol. The Morgan fingerprint density at radius 2 is 2.00 bits per heavy atom. The first-order valence-corrected chi connectivity index (χ1v) is 11.0. The molecule has 0 spiro atoms. The first kappa shape index (κ1) is 23.2. The van der Waals surface area contributed by atoms with Crippen molar-refractivity contribution in [3.8, 4) is 5.75 Å². The number of nitrogens with zero attached hydrogens (tertiary/aromatic N) is 2. The predicted molar refractivity (Wildman–Crippen MR) is 117 cm³/mol. The number of aromatic hydroxyl groups is 1. The number of carbonyl (C=O) groups excluding carboxylic acids is 2. The summed E-state index contributed by atoms with van der Waals surface area (Å²) in [6.07, 6.45) is 0.524.